The fourth-order valence-corrected chi connectivity index (χ4v) is 2.59. The average Bonchev–Trinajstić information content (AvgIpc) is 2.99. The van der Waals surface area contributed by atoms with Crippen LogP contribution >= 0.6 is 0 Å². The van der Waals surface area contributed by atoms with Crippen LogP contribution in [0.1, 0.15) is 32.5 Å². The van der Waals surface area contributed by atoms with Gasteiger partial charge < -0.3 is 9.88 Å². The molecule has 0 bridgehead atoms. The molecule has 4 heteroatoms. The molecule has 2 heterocycles. The van der Waals surface area contributed by atoms with Gasteiger partial charge >= 0.3 is 0 Å². The first kappa shape index (κ1) is 12.6. The van der Waals surface area contributed by atoms with E-state index in [-0.39, 0.29) is 0 Å². The quantitative estimate of drug-likeness (QED) is 0.812. The van der Waals surface area contributed by atoms with Gasteiger partial charge in [0.15, 0.2) is 0 Å². The average molecular weight is 236 g/mol. The van der Waals surface area contributed by atoms with Crippen LogP contribution in [0.4, 0.5) is 0 Å². The number of hydrogen-bond donors (Lipinski definition) is 1. The zero-order chi connectivity index (χ0) is 12.1. The maximum absolute atomic E-state index is 4.48. The SMILES string of the molecule is CCCN(Cc1nccn1CC)C1CCNC1. The number of nitrogens with one attached hydrogen (secondary N) is 1. The summed E-state index contributed by atoms with van der Waals surface area (Å²) in [5, 5.41) is 3.45. The molecular weight excluding hydrogens is 212 g/mol. The molecule has 0 amide bonds. The number of nitrogens with zero attached hydrogens (tertiary/aromatic N) is 3. The van der Waals surface area contributed by atoms with Gasteiger partial charge in [0.1, 0.15) is 5.82 Å². The summed E-state index contributed by atoms with van der Waals surface area (Å²) in [6.07, 6.45) is 6.47. The summed E-state index contributed by atoms with van der Waals surface area (Å²) >= 11 is 0. The lowest BCUT2D eigenvalue weighted by Gasteiger charge is -2.27. The van der Waals surface area contributed by atoms with Gasteiger partial charge in [0.25, 0.3) is 0 Å². The Morgan fingerprint density at radius 3 is 3.06 bits per heavy atom. The molecule has 1 aromatic rings. The van der Waals surface area contributed by atoms with Crippen molar-refractivity contribution in [3.05, 3.63) is 18.2 Å². The summed E-state index contributed by atoms with van der Waals surface area (Å²) in [6, 6.07) is 0.692. The van der Waals surface area contributed by atoms with Gasteiger partial charge in [-0.25, -0.2) is 4.98 Å². The third-order valence-corrected chi connectivity index (χ3v) is 3.55. The van der Waals surface area contributed by atoms with Crippen LogP contribution in [0.3, 0.4) is 0 Å². The van der Waals surface area contributed by atoms with E-state index in [4.69, 9.17) is 0 Å². The first-order valence-electron chi connectivity index (χ1n) is 6.80. The summed E-state index contributed by atoms with van der Waals surface area (Å²) in [6.45, 7) is 9.89. The third kappa shape index (κ3) is 3.07. The predicted molar refractivity (Wildman–Crippen MR) is 69.9 cm³/mol. The van der Waals surface area contributed by atoms with Gasteiger partial charge in [-0.2, -0.15) is 0 Å². The van der Waals surface area contributed by atoms with E-state index in [0.29, 0.717) is 6.04 Å². The van der Waals surface area contributed by atoms with E-state index in [0.717, 1.165) is 26.2 Å². The van der Waals surface area contributed by atoms with Crippen LogP contribution in [-0.2, 0) is 13.1 Å². The van der Waals surface area contributed by atoms with Gasteiger partial charge in [-0.05, 0) is 32.9 Å². The molecule has 2 rings (SSSR count). The fourth-order valence-electron chi connectivity index (χ4n) is 2.59. The van der Waals surface area contributed by atoms with Gasteiger partial charge in [-0.15, -0.1) is 0 Å². The number of imidazole rings is 1. The lowest BCUT2D eigenvalue weighted by molar-refractivity contribution is 0.192. The Bertz CT molecular complexity index is 328. The molecule has 1 saturated heterocycles. The Kier molecular flexibility index (Phi) is 4.57. The standard InChI is InChI=1S/C13H24N4/c1-3-8-17(12-5-6-14-10-12)11-13-15-7-9-16(13)4-2/h7,9,12,14H,3-6,8,10-11H2,1-2H3. The molecule has 0 aliphatic carbocycles. The van der Waals surface area contributed by atoms with Crippen molar-refractivity contribution in [3.8, 4) is 0 Å². The molecule has 0 radical (unpaired) electrons. The third-order valence-electron chi connectivity index (χ3n) is 3.55. The summed E-state index contributed by atoms with van der Waals surface area (Å²) in [7, 11) is 0. The van der Waals surface area contributed by atoms with Crippen LogP contribution in [0.2, 0.25) is 0 Å². The Labute approximate surface area is 104 Å². The molecule has 4 nitrogen and oxygen atoms in total. The van der Waals surface area contributed by atoms with E-state index < -0.39 is 0 Å². The zero-order valence-corrected chi connectivity index (χ0v) is 11.0. The second-order valence-electron chi connectivity index (χ2n) is 4.75. The maximum atomic E-state index is 4.48. The molecule has 1 N–H and O–H groups in total. The molecule has 1 aromatic heterocycles. The van der Waals surface area contributed by atoms with Crippen LogP contribution in [0.25, 0.3) is 0 Å². The van der Waals surface area contributed by atoms with E-state index in [9.17, 15) is 0 Å². The molecule has 0 aromatic carbocycles. The molecular formula is C13H24N4. The van der Waals surface area contributed by atoms with Crippen molar-refractivity contribution in [2.75, 3.05) is 19.6 Å². The molecule has 1 unspecified atom stereocenters. The first-order chi connectivity index (χ1) is 8.35. The van der Waals surface area contributed by atoms with Crippen molar-refractivity contribution < 1.29 is 0 Å². The summed E-state index contributed by atoms with van der Waals surface area (Å²) in [5.74, 6) is 1.20. The van der Waals surface area contributed by atoms with Crippen LogP contribution in [0.5, 0.6) is 0 Å². The highest BCUT2D eigenvalue weighted by atomic mass is 15.2. The van der Waals surface area contributed by atoms with Gasteiger partial charge in [-0.1, -0.05) is 6.92 Å². The molecule has 1 atom stereocenters. The van der Waals surface area contributed by atoms with Gasteiger partial charge in [-0.3, -0.25) is 4.90 Å². The van der Waals surface area contributed by atoms with Crippen molar-refractivity contribution in [3.63, 3.8) is 0 Å². The lowest BCUT2D eigenvalue weighted by atomic mass is 10.2. The Morgan fingerprint density at radius 2 is 2.41 bits per heavy atom. The van der Waals surface area contributed by atoms with Crippen molar-refractivity contribution in [1.29, 1.82) is 0 Å². The minimum absolute atomic E-state index is 0.692. The van der Waals surface area contributed by atoms with Crippen molar-refractivity contribution in [2.24, 2.45) is 0 Å². The summed E-state index contributed by atoms with van der Waals surface area (Å²) < 4.78 is 2.24. The highest BCUT2D eigenvalue weighted by Crippen LogP contribution is 2.13. The fraction of sp³-hybridized carbons (Fsp3) is 0.769. The molecule has 96 valence electrons. The summed E-state index contributed by atoms with van der Waals surface area (Å²) in [5.41, 5.74) is 0. The second-order valence-corrected chi connectivity index (χ2v) is 4.75. The van der Waals surface area contributed by atoms with E-state index in [2.05, 4.69) is 39.8 Å². The number of hydrogen-bond acceptors (Lipinski definition) is 3. The van der Waals surface area contributed by atoms with Crippen LogP contribution in [0.15, 0.2) is 12.4 Å². The second kappa shape index (κ2) is 6.17. The van der Waals surface area contributed by atoms with Gasteiger partial charge in [0.2, 0.25) is 0 Å². The maximum Gasteiger partial charge on any atom is 0.122 e. The Balaban J connectivity index is 2.01. The van der Waals surface area contributed by atoms with E-state index in [1.165, 1.54) is 25.2 Å². The normalized spacial score (nSPS) is 20.3. The van der Waals surface area contributed by atoms with Crippen molar-refractivity contribution >= 4 is 0 Å². The Hall–Kier alpha value is -0.870. The van der Waals surface area contributed by atoms with Gasteiger partial charge in [0.05, 0.1) is 6.54 Å². The zero-order valence-electron chi connectivity index (χ0n) is 11.0. The first-order valence-corrected chi connectivity index (χ1v) is 6.80. The molecule has 0 saturated carbocycles. The van der Waals surface area contributed by atoms with E-state index >= 15 is 0 Å². The summed E-state index contributed by atoms with van der Waals surface area (Å²) in [4.78, 5) is 7.06. The molecule has 0 spiro atoms. The minimum Gasteiger partial charge on any atom is -0.334 e. The van der Waals surface area contributed by atoms with Gasteiger partial charge in [0, 0.05) is 31.5 Å². The largest absolute Gasteiger partial charge is 0.334 e. The number of aryl methyl sites for hydroxylation is 1. The van der Waals surface area contributed by atoms with E-state index in [1.54, 1.807) is 0 Å². The minimum atomic E-state index is 0.692. The highest BCUT2D eigenvalue weighted by molar-refractivity contribution is 4.94. The molecule has 1 aliphatic heterocycles. The molecule has 1 fully saturated rings. The van der Waals surface area contributed by atoms with E-state index in [1.807, 2.05) is 6.20 Å². The van der Waals surface area contributed by atoms with Crippen LogP contribution in [-0.4, -0.2) is 40.1 Å². The predicted octanol–water partition coefficient (Wildman–Crippen LogP) is 1.48. The highest BCUT2D eigenvalue weighted by Gasteiger charge is 2.22. The molecule has 1 aliphatic rings. The van der Waals surface area contributed by atoms with Crippen LogP contribution in [0, 0.1) is 0 Å². The van der Waals surface area contributed by atoms with Crippen molar-refractivity contribution in [1.82, 2.24) is 19.8 Å². The van der Waals surface area contributed by atoms with Crippen LogP contribution < -0.4 is 5.32 Å². The smallest absolute Gasteiger partial charge is 0.122 e. The lowest BCUT2D eigenvalue weighted by Crippen LogP contribution is -2.37. The number of rotatable bonds is 6. The molecule has 17 heavy (non-hydrogen) atoms. The monoisotopic (exact) mass is 236 g/mol. The van der Waals surface area contributed by atoms with Crippen molar-refractivity contribution in [2.45, 2.75) is 45.8 Å². The number of aromatic nitrogens is 2. The topological polar surface area (TPSA) is 33.1 Å². The Morgan fingerprint density at radius 1 is 1.53 bits per heavy atom.